The number of pyridine rings is 1. The molecule has 1 aliphatic carbocycles. The highest BCUT2D eigenvalue weighted by Gasteiger charge is 2.49. The Balaban J connectivity index is 0.796. The van der Waals surface area contributed by atoms with Crippen LogP contribution in [-0.4, -0.2) is 132 Å². The molecule has 16 nitrogen and oxygen atoms in total. The number of anilines is 1. The number of ether oxygens (including phenoxy) is 2. The molecule has 2 aromatic carbocycles. The number of methoxy groups -OCH3 is 2. The van der Waals surface area contributed by atoms with Crippen molar-refractivity contribution in [3.05, 3.63) is 74.7 Å². The van der Waals surface area contributed by atoms with Crippen LogP contribution in [0.2, 0.25) is 0 Å². The number of aromatic nitrogens is 1. The number of urea groups is 1. The molecule has 3 atom stereocenters. The average Bonchev–Trinajstić information content (AvgIpc) is 4.05. The average molecular weight is 835 g/mol. The lowest BCUT2D eigenvalue weighted by atomic mass is 9.91. The summed E-state index contributed by atoms with van der Waals surface area (Å²) < 4.78 is 13.6. The van der Waals surface area contributed by atoms with Crippen molar-refractivity contribution in [2.45, 2.75) is 76.2 Å². The minimum atomic E-state index is -0.971. The van der Waals surface area contributed by atoms with E-state index in [1.807, 2.05) is 12.3 Å². The largest absolute Gasteiger partial charge is 0.496 e. The molecule has 0 spiro atoms. The van der Waals surface area contributed by atoms with Gasteiger partial charge < -0.3 is 29.2 Å². The molecule has 1 saturated carbocycles. The first kappa shape index (κ1) is 40.7. The smallest absolute Gasteiger partial charge is 0.317 e. The van der Waals surface area contributed by atoms with Gasteiger partial charge in [-0.3, -0.25) is 44.0 Å². The number of imide groups is 2. The van der Waals surface area contributed by atoms with Crippen LogP contribution in [0.3, 0.4) is 0 Å². The highest BCUT2D eigenvalue weighted by molar-refractivity contribution is 6.23. The van der Waals surface area contributed by atoms with Crippen molar-refractivity contribution in [2.75, 3.05) is 65.4 Å². The van der Waals surface area contributed by atoms with E-state index in [-0.39, 0.29) is 36.9 Å². The molecule has 16 heteroatoms. The number of carbonyl (C=O) groups is 5. The van der Waals surface area contributed by atoms with E-state index in [1.54, 1.807) is 49.9 Å². The maximum atomic E-state index is 13.4. The summed E-state index contributed by atoms with van der Waals surface area (Å²) >= 11 is 0. The number of piperidine rings is 2. The zero-order valence-corrected chi connectivity index (χ0v) is 35.3. The standard InChI is InChI=1S/C45H54N8O8/c1-46-45(59)52-16-12-29-32(23-48(2)42(56)33(29)24-52)27-19-38(60-3)34(39(20-27)61-4)25-51-18-17-50(36-22-37(36)51)15-11-26-9-13-49(14-10-26)28-5-6-30-31(21-28)44(58)53(43(30)57)35-7-8-40(54)47-41(35)55/h5-6,19-21,23,26,35-37H,7-18,22,24-25H2,1-4H3,(H,46,59)(H,47,54,55). The number of nitrogens with one attached hydrogen (secondary N) is 2. The van der Waals surface area contributed by atoms with Gasteiger partial charge in [0.1, 0.15) is 17.5 Å². The summed E-state index contributed by atoms with van der Waals surface area (Å²) in [4.78, 5) is 86.5. The summed E-state index contributed by atoms with van der Waals surface area (Å²) in [6.07, 6.45) is 7.06. The van der Waals surface area contributed by atoms with Gasteiger partial charge in [0, 0.05) is 94.9 Å². The van der Waals surface area contributed by atoms with Crippen LogP contribution in [-0.2, 0) is 36.1 Å². The second-order valence-electron chi connectivity index (χ2n) is 17.3. The Hall–Kier alpha value is -5.74. The Morgan fingerprint density at radius 3 is 2.23 bits per heavy atom. The molecule has 1 aromatic heterocycles. The third kappa shape index (κ3) is 7.43. The molecule has 3 aromatic rings. The zero-order chi connectivity index (χ0) is 42.7. The van der Waals surface area contributed by atoms with Crippen LogP contribution in [0, 0.1) is 5.92 Å². The van der Waals surface area contributed by atoms with E-state index < -0.39 is 23.8 Å². The summed E-state index contributed by atoms with van der Waals surface area (Å²) in [5, 5.41) is 4.93. The Labute approximate surface area is 354 Å². The van der Waals surface area contributed by atoms with Crippen molar-refractivity contribution in [1.29, 1.82) is 0 Å². The summed E-state index contributed by atoms with van der Waals surface area (Å²) in [6, 6.07) is 9.33. The van der Waals surface area contributed by atoms with Crippen LogP contribution in [0.1, 0.15) is 75.9 Å². The minimum Gasteiger partial charge on any atom is -0.496 e. The van der Waals surface area contributed by atoms with Gasteiger partial charge in [0.15, 0.2) is 0 Å². The Morgan fingerprint density at radius 1 is 0.820 bits per heavy atom. The SMILES string of the molecule is CNC(=O)N1CCc2c(-c3cc(OC)c(CN4CCN(CCC5CCN(c6ccc7c(c6)C(=O)N(C6CCC(=O)NC6=O)C7=O)CC5)C5CC54)c(OC)c3)cn(C)c(=O)c2C1. The summed E-state index contributed by atoms with van der Waals surface area (Å²) in [5.74, 6) is 0.152. The molecule has 6 amide bonds. The van der Waals surface area contributed by atoms with E-state index in [0.29, 0.717) is 54.2 Å². The van der Waals surface area contributed by atoms with Crippen LogP contribution >= 0.6 is 0 Å². The Morgan fingerprint density at radius 2 is 1.52 bits per heavy atom. The lowest BCUT2D eigenvalue weighted by molar-refractivity contribution is -0.136. The first-order valence-corrected chi connectivity index (χ1v) is 21.5. The van der Waals surface area contributed by atoms with Crippen molar-refractivity contribution >= 4 is 35.3 Å². The summed E-state index contributed by atoms with van der Waals surface area (Å²) in [5.41, 5.74) is 5.89. The molecule has 2 N–H and O–H groups in total. The second kappa shape index (κ2) is 16.3. The third-order valence-corrected chi connectivity index (χ3v) is 13.9. The van der Waals surface area contributed by atoms with E-state index in [9.17, 15) is 28.8 Å². The van der Waals surface area contributed by atoms with Gasteiger partial charge in [-0.05, 0) is 92.4 Å². The second-order valence-corrected chi connectivity index (χ2v) is 17.3. The van der Waals surface area contributed by atoms with E-state index in [1.165, 1.54) is 0 Å². The van der Waals surface area contributed by atoms with Gasteiger partial charge in [0.25, 0.3) is 17.4 Å². The maximum Gasteiger partial charge on any atom is 0.317 e. The van der Waals surface area contributed by atoms with Crippen molar-refractivity contribution in [3.63, 3.8) is 0 Å². The fraction of sp³-hybridized carbons (Fsp3) is 0.511. The van der Waals surface area contributed by atoms with E-state index >= 15 is 0 Å². The molecule has 0 bridgehead atoms. The van der Waals surface area contributed by atoms with E-state index in [2.05, 4.69) is 37.5 Å². The molecule has 61 heavy (non-hydrogen) atoms. The van der Waals surface area contributed by atoms with Crippen molar-refractivity contribution in [3.8, 4) is 22.6 Å². The topological polar surface area (TPSA) is 166 Å². The predicted octanol–water partition coefficient (Wildman–Crippen LogP) is 2.73. The maximum absolute atomic E-state index is 13.4. The number of carbonyl (C=O) groups excluding carboxylic acids is 5. The van der Waals surface area contributed by atoms with Gasteiger partial charge in [0.2, 0.25) is 11.8 Å². The van der Waals surface area contributed by atoms with Gasteiger partial charge in [-0.2, -0.15) is 0 Å². The number of piperazine rings is 1. The molecule has 3 unspecified atom stereocenters. The third-order valence-electron chi connectivity index (χ3n) is 13.9. The number of hydrogen-bond acceptors (Lipinski definition) is 11. The molecule has 5 aliphatic heterocycles. The molecule has 9 rings (SSSR count). The quantitative estimate of drug-likeness (QED) is 0.289. The van der Waals surface area contributed by atoms with Crippen molar-refractivity contribution in [1.82, 2.24) is 34.8 Å². The predicted molar refractivity (Wildman–Crippen MR) is 226 cm³/mol. The molecular formula is C45H54N8O8. The number of amides is 6. The Bertz CT molecular complexity index is 2350. The monoisotopic (exact) mass is 834 g/mol. The number of rotatable bonds is 10. The highest BCUT2D eigenvalue weighted by atomic mass is 16.5. The molecule has 4 fully saturated rings. The number of nitrogens with zero attached hydrogens (tertiary/aromatic N) is 6. The van der Waals surface area contributed by atoms with E-state index in [0.717, 1.165) is 103 Å². The van der Waals surface area contributed by atoms with Crippen LogP contribution in [0.4, 0.5) is 10.5 Å². The van der Waals surface area contributed by atoms with Gasteiger partial charge in [-0.1, -0.05) is 0 Å². The molecule has 322 valence electrons. The summed E-state index contributed by atoms with van der Waals surface area (Å²) in [6.45, 7) is 6.24. The number of benzene rings is 2. The molecule has 3 saturated heterocycles. The molecular weight excluding hydrogens is 781 g/mol. The van der Waals surface area contributed by atoms with Crippen LogP contribution in [0.5, 0.6) is 11.5 Å². The van der Waals surface area contributed by atoms with Gasteiger partial charge >= 0.3 is 6.03 Å². The minimum absolute atomic E-state index is 0.0939. The zero-order valence-electron chi connectivity index (χ0n) is 35.3. The molecule has 6 aliphatic rings. The van der Waals surface area contributed by atoms with Gasteiger partial charge in [0.05, 0.1) is 37.5 Å². The van der Waals surface area contributed by atoms with Crippen LogP contribution in [0.15, 0.2) is 41.3 Å². The van der Waals surface area contributed by atoms with Crippen molar-refractivity contribution in [2.24, 2.45) is 13.0 Å². The number of aryl methyl sites for hydroxylation is 1. The Kier molecular flexibility index (Phi) is 10.8. The van der Waals surface area contributed by atoms with Gasteiger partial charge in [-0.25, -0.2) is 4.79 Å². The van der Waals surface area contributed by atoms with Crippen LogP contribution in [0.25, 0.3) is 11.1 Å². The van der Waals surface area contributed by atoms with Crippen molar-refractivity contribution < 1.29 is 33.4 Å². The van der Waals surface area contributed by atoms with E-state index in [4.69, 9.17) is 9.47 Å². The molecule has 0 radical (unpaired) electrons. The number of hydrogen-bond donors (Lipinski definition) is 2. The highest BCUT2D eigenvalue weighted by Crippen LogP contribution is 2.43. The molecule has 6 heterocycles. The van der Waals surface area contributed by atoms with Crippen LogP contribution < -0.4 is 30.6 Å². The number of fused-ring (bicyclic) bond motifs is 3. The lowest BCUT2D eigenvalue weighted by Gasteiger charge is -2.37. The summed E-state index contributed by atoms with van der Waals surface area (Å²) in [7, 11) is 6.73. The first-order valence-electron chi connectivity index (χ1n) is 21.5. The first-order chi connectivity index (χ1) is 29.5. The normalized spacial score (nSPS) is 23.1. The fourth-order valence-corrected chi connectivity index (χ4v) is 10.4. The van der Waals surface area contributed by atoms with Gasteiger partial charge in [-0.15, -0.1) is 0 Å². The fourth-order valence-electron chi connectivity index (χ4n) is 10.4. The lowest BCUT2D eigenvalue weighted by Crippen LogP contribution is -2.54.